The second-order valence-corrected chi connectivity index (χ2v) is 7.20. The van der Waals surface area contributed by atoms with E-state index in [1.165, 1.54) is 0 Å². The minimum atomic E-state index is -4.21. The molecule has 114 valence electrons. The summed E-state index contributed by atoms with van der Waals surface area (Å²) < 4.78 is 32.8. The molecule has 0 heterocycles. The predicted octanol–water partition coefficient (Wildman–Crippen LogP) is 4.55. The first-order chi connectivity index (χ1) is 9.82. The SMILES string of the molecule is CCCCc1cc(S(=O)(=O)O)c2ccc(C(C)C)cc2c1. The summed E-state index contributed by atoms with van der Waals surface area (Å²) in [6.07, 6.45) is 2.87. The number of benzene rings is 2. The van der Waals surface area contributed by atoms with Crippen LogP contribution in [-0.4, -0.2) is 13.0 Å². The Morgan fingerprint density at radius 1 is 1.14 bits per heavy atom. The highest BCUT2D eigenvalue weighted by atomic mass is 32.2. The number of hydrogen-bond acceptors (Lipinski definition) is 2. The van der Waals surface area contributed by atoms with Gasteiger partial charge in [0.1, 0.15) is 4.90 Å². The number of hydrogen-bond donors (Lipinski definition) is 1. The van der Waals surface area contributed by atoms with Crippen molar-refractivity contribution in [2.24, 2.45) is 0 Å². The summed E-state index contributed by atoms with van der Waals surface area (Å²) in [6, 6.07) is 9.36. The van der Waals surface area contributed by atoms with Crippen LogP contribution in [0, 0.1) is 0 Å². The first kappa shape index (κ1) is 16.0. The smallest absolute Gasteiger partial charge is 0.282 e. The average molecular weight is 306 g/mol. The van der Waals surface area contributed by atoms with Gasteiger partial charge in [0.2, 0.25) is 0 Å². The van der Waals surface area contributed by atoms with E-state index in [1.54, 1.807) is 12.1 Å². The zero-order valence-corrected chi connectivity index (χ0v) is 13.6. The van der Waals surface area contributed by atoms with Gasteiger partial charge in [-0.15, -0.1) is 0 Å². The van der Waals surface area contributed by atoms with Gasteiger partial charge in [-0.05, 0) is 41.3 Å². The molecule has 0 spiro atoms. The van der Waals surface area contributed by atoms with Crippen LogP contribution in [-0.2, 0) is 16.5 Å². The molecule has 3 nitrogen and oxygen atoms in total. The molecule has 2 rings (SSSR count). The highest BCUT2D eigenvalue weighted by Gasteiger charge is 2.16. The van der Waals surface area contributed by atoms with E-state index >= 15 is 0 Å². The normalized spacial score (nSPS) is 12.2. The zero-order valence-electron chi connectivity index (χ0n) is 12.8. The molecule has 21 heavy (non-hydrogen) atoms. The lowest BCUT2D eigenvalue weighted by atomic mass is 9.97. The third-order valence-corrected chi connectivity index (χ3v) is 4.66. The molecule has 0 aromatic heterocycles. The fourth-order valence-corrected chi connectivity index (χ4v) is 3.27. The number of unbranched alkanes of at least 4 members (excludes halogenated alkanes) is 1. The standard InChI is InChI=1S/C17H22O3S/c1-4-5-6-13-9-15-11-14(12(2)3)7-8-16(15)17(10-13)21(18,19)20/h7-12H,4-6H2,1-3H3,(H,18,19,20). The highest BCUT2D eigenvalue weighted by molar-refractivity contribution is 7.86. The lowest BCUT2D eigenvalue weighted by Crippen LogP contribution is -2.01. The Bertz CT molecular complexity index is 746. The highest BCUT2D eigenvalue weighted by Crippen LogP contribution is 2.28. The average Bonchev–Trinajstić information content (AvgIpc) is 2.42. The van der Waals surface area contributed by atoms with Gasteiger partial charge in [0.05, 0.1) is 0 Å². The summed E-state index contributed by atoms with van der Waals surface area (Å²) in [5.74, 6) is 0.378. The number of fused-ring (bicyclic) bond motifs is 1. The van der Waals surface area contributed by atoms with Gasteiger partial charge in [0, 0.05) is 5.39 Å². The second kappa shape index (κ2) is 6.16. The maximum absolute atomic E-state index is 11.6. The van der Waals surface area contributed by atoms with E-state index in [4.69, 9.17) is 0 Å². The summed E-state index contributed by atoms with van der Waals surface area (Å²) >= 11 is 0. The van der Waals surface area contributed by atoms with E-state index in [-0.39, 0.29) is 4.90 Å². The Balaban J connectivity index is 2.68. The second-order valence-electron chi connectivity index (χ2n) is 5.81. The van der Waals surface area contributed by atoms with Gasteiger partial charge < -0.3 is 0 Å². The third-order valence-electron chi connectivity index (χ3n) is 3.76. The monoisotopic (exact) mass is 306 g/mol. The molecular formula is C17H22O3S. The van der Waals surface area contributed by atoms with Crippen LogP contribution in [0.1, 0.15) is 50.7 Å². The molecule has 0 saturated heterocycles. The molecule has 0 aliphatic rings. The maximum atomic E-state index is 11.6. The van der Waals surface area contributed by atoms with E-state index < -0.39 is 10.1 Å². The number of rotatable bonds is 5. The molecule has 0 unspecified atom stereocenters. The molecule has 2 aromatic rings. The minimum Gasteiger partial charge on any atom is -0.282 e. The van der Waals surface area contributed by atoms with Crippen LogP contribution in [0.4, 0.5) is 0 Å². The lowest BCUT2D eigenvalue weighted by Gasteiger charge is -2.11. The van der Waals surface area contributed by atoms with Gasteiger partial charge in [-0.2, -0.15) is 8.42 Å². The van der Waals surface area contributed by atoms with Crippen LogP contribution in [0.2, 0.25) is 0 Å². The van der Waals surface area contributed by atoms with Crippen LogP contribution in [0.5, 0.6) is 0 Å². The van der Waals surface area contributed by atoms with E-state index in [0.29, 0.717) is 11.3 Å². The van der Waals surface area contributed by atoms with Crippen molar-refractivity contribution in [2.45, 2.75) is 50.8 Å². The van der Waals surface area contributed by atoms with E-state index in [0.717, 1.165) is 35.8 Å². The summed E-state index contributed by atoms with van der Waals surface area (Å²) in [6.45, 7) is 6.30. The van der Waals surface area contributed by atoms with Crippen molar-refractivity contribution in [3.8, 4) is 0 Å². The van der Waals surface area contributed by atoms with Crippen molar-refractivity contribution in [1.82, 2.24) is 0 Å². The van der Waals surface area contributed by atoms with Crippen molar-refractivity contribution in [2.75, 3.05) is 0 Å². The fourth-order valence-electron chi connectivity index (χ4n) is 2.51. The zero-order chi connectivity index (χ0) is 15.6. The van der Waals surface area contributed by atoms with Crippen molar-refractivity contribution in [3.05, 3.63) is 41.5 Å². The van der Waals surface area contributed by atoms with Gasteiger partial charge in [0.25, 0.3) is 10.1 Å². The van der Waals surface area contributed by atoms with Gasteiger partial charge in [0.15, 0.2) is 0 Å². The summed E-state index contributed by atoms with van der Waals surface area (Å²) in [5.41, 5.74) is 2.12. The largest absolute Gasteiger partial charge is 0.295 e. The quantitative estimate of drug-likeness (QED) is 0.824. The maximum Gasteiger partial charge on any atom is 0.295 e. The van der Waals surface area contributed by atoms with Crippen LogP contribution < -0.4 is 0 Å². The van der Waals surface area contributed by atoms with Crippen molar-refractivity contribution in [1.29, 1.82) is 0 Å². The summed E-state index contributed by atoms with van der Waals surface area (Å²) in [7, 11) is -4.21. The van der Waals surface area contributed by atoms with Crippen LogP contribution in [0.3, 0.4) is 0 Å². The molecule has 4 heteroatoms. The van der Waals surface area contributed by atoms with Crippen molar-refractivity contribution in [3.63, 3.8) is 0 Å². The molecule has 0 amide bonds. The van der Waals surface area contributed by atoms with E-state index in [2.05, 4.69) is 20.8 Å². The van der Waals surface area contributed by atoms with Gasteiger partial charge in [-0.3, -0.25) is 4.55 Å². The van der Waals surface area contributed by atoms with Crippen LogP contribution in [0.15, 0.2) is 35.2 Å². The molecule has 0 fully saturated rings. The summed E-state index contributed by atoms with van der Waals surface area (Å²) in [5, 5.41) is 1.46. The Labute approximate surface area is 126 Å². The third kappa shape index (κ3) is 3.63. The Morgan fingerprint density at radius 2 is 1.86 bits per heavy atom. The number of aryl methyl sites for hydroxylation is 1. The predicted molar refractivity (Wildman–Crippen MR) is 86.5 cm³/mol. The van der Waals surface area contributed by atoms with E-state index in [1.807, 2.05) is 18.2 Å². The van der Waals surface area contributed by atoms with Crippen molar-refractivity contribution < 1.29 is 13.0 Å². The Morgan fingerprint density at radius 3 is 2.43 bits per heavy atom. The van der Waals surface area contributed by atoms with Gasteiger partial charge in [-0.25, -0.2) is 0 Å². The molecule has 0 aliphatic carbocycles. The Kier molecular flexibility index (Phi) is 4.69. The molecule has 0 aliphatic heterocycles. The fraction of sp³-hybridized carbons (Fsp3) is 0.412. The minimum absolute atomic E-state index is 0.0152. The molecule has 1 N–H and O–H groups in total. The first-order valence-electron chi connectivity index (χ1n) is 7.37. The molecule has 0 radical (unpaired) electrons. The molecule has 0 saturated carbocycles. The Hall–Kier alpha value is -1.39. The molecule has 2 aromatic carbocycles. The van der Waals surface area contributed by atoms with Crippen molar-refractivity contribution >= 4 is 20.9 Å². The van der Waals surface area contributed by atoms with Crippen LogP contribution in [0.25, 0.3) is 10.8 Å². The van der Waals surface area contributed by atoms with Crippen LogP contribution >= 0.6 is 0 Å². The molecule has 0 atom stereocenters. The topological polar surface area (TPSA) is 54.4 Å². The first-order valence-corrected chi connectivity index (χ1v) is 8.81. The molecular weight excluding hydrogens is 284 g/mol. The van der Waals surface area contributed by atoms with E-state index in [9.17, 15) is 13.0 Å². The lowest BCUT2D eigenvalue weighted by molar-refractivity contribution is 0.484. The van der Waals surface area contributed by atoms with Gasteiger partial charge in [-0.1, -0.05) is 51.5 Å². The van der Waals surface area contributed by atoms with Gasteiger partial charge >= 0.3 is 0 Å². The summed E-state index contributed by atoms with van der Waals surface area (Å²) in [4.78, 5) is 0.0152. The molecule has 0 bridgehead atoms.